The number of aliphatic carboxylic acids is 1. The Bertz CT molecular complexity index is 1700. The number of ether oxygens (including phenoxy) is 1. The summed E-state index contributed by atoms with van der Waals surface area (Å²) in [7, 11) is 0. The molecule has 3 rings (SSSR count). The van der Waals surface area contributed by atoms with Crippen molar-refractivity contribution < 1.29 is 38.7 Å². The third kappa shape index (κ3) is 14.8. The number of nitrogen functional groups attached to an aromatic ring is 1. The van der Waals surface area contributed by atoms with Gasteiger partial charge in [-0.05, 0) is 95.9 Å². The topological polar surface area (TPSA) is 193 Å². The van der Waals surface area contributed by atoms with Crippen LogP contribution in [0.5, 0.6) is 0 Å². The summed E-state index contributed by atoms with van der Waals surface area (Å²) < 4.78 is 5.89. The highest BCUT2D eigenvalue weighted by molar-refractivity contribution is 7.09. The summed E-state index contributed by atoms with van der Waals surface area (Å²) >= 11 is 1.16. The van der Waals surface area contributed by atoms with Gasteiger partial charge in [-0.25, -0.2) is 10.0 Å². The molecule has 1 saturated heterocycles. The SMILES string of the molecule is CCCCCON(C(=O)[C@@H](NC(=O)[C@H]1CCCCN1C(C)C)[C@@H](C)CC)[C@H](C[C@@H](OC(C)=O)c1nc(C(=O)N[C@@H](Cc2ccc(N)cc2)CC(C)(C)C(=O)O)cs1)C(C)C. The van der Waals surface area contributed by atoms with Gasteiger partial charge in [-0.3, -0.25) is 33.7 Å². The van der Waals surface area contributed by atoms with Gasteiger partial charge in [0.1, 0.15) is 16.7 Å². The first-order valence-electron chi connectivity index (χ1n) is 21.8. The summed E-state index contributed by atoms with van der Waals surface area (Å²) in [6.45, 7) is 19.8. The van der Waals surface area contributed by atoms with E-state index in [1.165, 1.54) is 12.0 Å². The van der Waals surface area contributed by atoms with Crippen molar-refractivity contribution >= 4 is 46.7 Å². The third-order valence-corrected chi connectivity index (χ3v) is 12.4. The standard InChI is InChI=1S/C45H72N6O8S/c1-11-13-16-23-58-51(43(55)39(30(7)12-2)49-41(54)36-17-14-15-22-50(36)29(5)6)37(28(3)4)25-38(59-31(8)52)42-48-35(27-60-42)40(53)47-34(26-45(9,10)44(56)57)24-32-18-20-33(46)21-19-32/h18-21,27-30,34,36-39H,11-17,22-26,46H2,1-10H3,(H,47,53)(H,49,54)(H,56,57)/t30-,34-,36+,37+,38+,39-/m0/s1. The van der Waals surface area contributed by atoms with Gasteiger partial charge in [0.05, 0.1) is 24.1 Å². The number of hydroxylamine groups is 2. The smallest absolute Gasteiger partial charge is 0.309 e. The van der Waals surface area contributed by atoms with Gasteiger partial charge in [-0.2, -0.15) is 0 Å². The van der Waals surface area contributed by atoms with Crippen molar-refractivity contribution in [2.75, 3.05) is 18.9 Å². The predicted octanol–water partition coefficient (Wildman–Crippen LogP) is 7.33. The van der Waals surface area contributed by atoms with E-state index >= 15 is 0 Å². The van der Waals surface area contributed by atoms with E-state index in [1.54, 1.807) is 31.4 Å². The molecule has 0 spiro atoms. The number of nitrogens with zero attached hydrogens (tertiary/aromatic N) is 3. The number of rotatable bonds is 24. The maximum absolute atomic E-state index is 14.9. The molecule has 5 N–H and O–H groups in total. The number of unbranched alkanes of at least 4 members (excludes halogenated alkanes) is 2. The van der Waals surface area contributed by atoms with Crippen LogP contribution in [0.3, 0.4) is 0 Å². The molecule has 0 saturated carbocycles. The maximum atomic E-state index is 14.9. The van der Waals surface area contributed by atoms with Crippen LogP contribution < -0.4 is 16.4 Å². The molecule has 15 heteroatoms. The Morgan fingerprint density at radius 1 is 1.03 bits per heavy atom. The number of carboxylic acid groups (broad SMARTS) is 1. The van der Waals surface area contributed by atoms with Crippen LogP contribution in [0.15, 0.2) is 29.6 Å². The average Bonchev–Trinajstić information content (AvgIpc) is 3.69. The van der Waals surface area contributed by atoms with Crippen molar-refractivity contribution in [2.24, 2.45) is 17.3 Å². The second kappa shape index (κ2) is 23.8. The summed E-state index contributed by atoms with van der Waals surface area (Å²) in [5.74, 6) is -2.97. The molecule has 3 amide bonds. The van der Waals surface area contributed by atoms with E-state index in [0.717, 1.165) is 62.0 Å². The number of anilines is 1. The molecule has 2 aromatic rings. The van der Waals surface area contributed by atoms with Crippen molar-refractivity contribution in [3.8, 4) is 0 Å². The molecule has 2 heterocycles. The molecule has 0 bridgehead atoms. The molecule has 6 atom stereocenters. The number of benzene rings is 1. The number of piperidine rings is 1. The van der Waals surface area contributed by atoms with Gasteiger partial charge in [-0.1, -0.05) is 72.4 Å². The molecule has 1 aliphatic rings. The Hall–Kier alpha value is -4.08. The minimum absolute atomic E-state index is 0.0881. The van der Waals surface area contributed by atoms with E-state index in [1.807, 2.05) is 39.8 Å². The normalized spacial score (nSPS) is 17.4. The van der Waals surface area contributed by atoms with Gasteiger partial charge in [0.25, 0.3) is 11.8 Å². The number of hydrogen-bond acceptors (Lipinski definition) is 11. The zero-order valence-electron chi connectivity index (χ0n) is 37.6. The summed E-state index contributed by atoms with van der Waals surface area (Å²) in [4.78, 5) is 80.6. The Morgan fingerprint density at radius 3 is 2.30 bits per heavy atom. The number of hydrogen-bond donors (Lipinski definition) is 4. The average molecular weight is 857 g/mol. The number of carboxylic acids is 1. The Morgan fingerprint density at radius 2 is 1.72 bits per heavy atom. The van der Waals surface area contributed by atoms with Gasteiger partial charge in [0.2, 0.25) is 5.91 Å². The van der Waals surface area contributed by atoms with Crippen LogP contribution in [0.1, 0.15) is 154 Å². The van der Waals surface area contributed by atoms with Crippen molar-refractivity contribution in [1.29, 1.82) is 0 Å². The van der Waals surface area contributed by atoms with Crippen molar-refractivity contribution in [3.05, 3.63) is 45.9 Å². The van der Waals surface area contributed by atoms with Gasteiger partial charge >= 0.3 is 11.9 Å². The number of carbonyl (C=O) groups is 5. The van der Waals surface area contributed by atoms with Crippen LogP contribution in [0.2, 0.25) is 0 Å². The molecule has 1 aliphatic heterocycles. The molecule has 336 valence electrons. The van der Waals surface area contributed by atoms with E-state index in [4.69, 9.17) is 15.3 Å². The minimum atomic E-state index is -1.13. The van der Waals surface area contributed by atoms with Crippen molar-refractivity contribution in [1.82, 2.24) is 25.6 Å². The summed E-state index contributed by atoms with van der Waals surface area (Å²) in [6, 6.07) is 5.02. The Labute approximate surface area is 361 Å². The van der Waals surface area contributed by atoms with Crippen molar-refractivity contribution in [2.45, 2.75) is 170 Å². The molecule has 0 aliphatic carbocycles. The number of aromatic nitrogens is 1. The largest absolute Gasteiger partial charge is 0.481 e. The Balaban J connectivity index is 1.95. The second-order valence-electron chi connectivity index (χ2n) is 17.6. The summed E-state index contributed by atoms with van der Waals surface area (Å²) in [5, 5.41) is 19.4. The summed E-state index contributed by atoms with van der Waals surface area (Å²) in [5.41, 5.74) is 6.30. The minimum Gasteiger partial charge on any atom is -0.481 e. The van der Waals surface area contributed by atoms with E-state index in [2.05, 4.69) is 41.3 Å². The molecule has 0 unspecified atom stereocenters. The molecule has 0 radical (unpaired) electrons. The quantitative estimate of drug-likeness (QED) is 0.0358. The first-order chi connectivity index (χ1) is 28.3. The van der Waals surface area contributed by atoms with Gasteiger partial charge in [0.15, 0.2) is 6.10 Å². The van der Waals surface area contributed by atoms with E-state index in [9.17, 15) is 29.1 Å². The highest BCUT2D eigenvalue weighted by Gasteiger charge is 2.40. The van der Waals surface area contributed by atoms with Crippen LogP contribution in [-0.2, 0) is 35.2 Å². The number of nitrogens with one attached hydrogen (secondary N) is 2. The van der Waals surface area contributed by atoms with E-state index < -0.39 is 47.5 Å². The fourth-order valence-electron chi connectivity index (χ4n) is 7.63. The van der Waals surface area contributed by atoms with Crippen LogP contribution in [0, 0.1) is 17.3 Å². The first kappa shape index (κ1) is 50.3. The zero-order chi connectivity index (χ0) is 44.7. The zero-order valence-corrected chi connectivity index (χ0v) is 38.4. The third-order valence-electron chi connectivity index (χ3n) is 11.5. The van der Waals surface area contributed by atoms with Crippen LogP contribution in [0.4, 0.5) is 5.69 Å². The highest BCUT2D eigenvalue weighted by Crippen LogP contribution is 2.33. The summed E-state index contributed by atoms with van der Waals surface area (Å²) in [6.07, 6.45) is 5.60. The van der Waals surface area contributed by atoms with Crippen molar-refractivity contribution in [3.63, 3.8) is 0 Å². The van der Waals surface area contributed by atoms with Gasteiger partial charge < -0.3 is 26.2 Å². The lowest BCUT2D eigenvalue weighted by Crippen LogP contribution is -2.59. The van der Waals surface area contributed by atoms with Crippen LogP contribution in [0.25, 0.3) is 0 Å². The number of thiazole rings is 1. The molecule has 60 heavy (non-hydrogen) atoms. The van der Waals surface area contributed by atoms with E-state index in [0.29, 0.717) is 23.5 Å². The van der Waals surface area contributed by atoms with Crippen LogP contribution in [-0.4, -0.2) is 93.1 Å². The number of esters is 1. The lowest BCUT2D eigenvalue weighted by molar-refractivity contribution is -0.213. The molecule has 1 fully saturated rings. The fourth-order valence-corrected chi connectivity index (χ4v) is 8.47. The number of nitrogens with two attached hydrogens (primary N) is 1. The molecule has 14 nitrogen and oxygen atoms in total. The number of likely N-dealkylation sites (tertiary alicyclic amines) is 1. The first-order valence-corrected chi connectivity index (χ1v) is 22.7. The monoisotopic (exact) mass is 857 g/mol. The maximum Gasteiger partial charge on any atom is 0.309 e. The predicted molar refractivity (Wildman–Crippen MR) is 235 cm³/mol. The molecule has 1 aromatic carbocycles. The second-order valence-corrected chi connectivity index (χ2v) is 18.5. The lowest BCUT2D eigenvalue weighted by Gasteiger charge is -2.40. The van der Waals surface area contributed by atoms with Crippen LogP contribution >= 0.6 is 11.3 Å². The number of carbonyl (C=O) groups excluding carboxylic acids is 4. The Kier molecular flexibility index (Phi) is 19.9. The molecule has 1 aromatic heterocycles. The lowest BCUT2D eigenvalue weighted by atomic mass is 9.84. The van der Waals surface area contributed by atoms with Gasteiger partial charge in [0, 0.05) is 36.5 Å². The van der Waals surface area contributed by atoms with E-state index in [-0.39, 0.29) is 60.9 Å². The number of amides is 3. The molecular formula is C45H72N6O8S. The fraction of sp³-hybridized carbons (Fsp3) is 0.689. The van der Waals surface area contributed by atoms with Gasteiger partial charge in [-0.15, -0.1) is 11.3 Å². The molecular weight excluding hydrogens is 785 g/mol. The highest BCUT2D eigenvalue weighted by atomic mass is 32.1.